The first kappa shape index (κ1) is 20.1. The molecule has 2 aliphatic rings. The Balaban J connectivity index is 0.00000208. The van der Waals surface area contributed by atoms with Gasteiger partial charge in [-0.15, -0.1) is 12.4 Å². The van der Waals surface area contributed by atoms with Crippen molar-refractivity contribution in [2.24, 2.45) is 11.7 Å². The summed E-state index contributed by atoms with van der Waals surface area (Å²) in [6.07, 6.45) is 6.39. The van der Waals surface area contributed by atoms with Crippen molar-refractivity contribution in [1.82, 2.24) is 4.90 Å². The van der Waals surface area contributed by atoms with Gasteiger partial charge in [0.25, 0.3) is 0 Å². The normalized spacial score (nSPS) is 25.4. The van der Waals surface area contributed by atoms with Crippen molar-refractivity contribution in [3.8, 4) is 0 Å². The van der Waals surface area contributed by atoms with Crippen molar-refractivity contribution in [2.45, 2.75) is 38.1 Å². The van der Waals surface area contributed by atoms with Crippen molar-refractivity contribution < 1.29 is 0 Å². The lowest BCUT2D eigenvalue weighted by Crippen LogP contribution is -2.47. The predicted octanol–water partition coefficient (Wildman–Crippen LogP) is 4.44. The average molecular weight is 393 g/mol. The van der Waals surface area contributed by atoms with Crippen molar-refractivity contribution in [3.63, 3.8) is 0 Å². The van der Waals surface area contributed by atoms with Crippen LogP contribution < -0.4 is 10.6 Å². The third-order valence-electron chi connectivity index (χ3n) is 5.39. The fraction of sp³-hybridized carbons (Fsp3) is 0.667. The molecule has 0 amide bonds. The molecule has 3 rings (SSSR count). The van der Waals surface area contributed by atoms with Crippen molar-refractivity contribution in [3.05, 3.63) is 28.2 Å². The lowest BCUT2D eigenvalue weighted by atomic mass is 9.84. The number of benzene rings is 1. The maximum Gasteiger partial charge on any atom is 0.0825 e. The first-order valence-electron chi connectivity index (χ1n) is 8.80. The number of rotatable bonds is 4. The minimum atomic E-state index is 0. The smallest absolute Gasteiger partial charge is 0.0825 e. The fourth-order valence-electron chi connectivity index (χ4n) is 3.79. The molecule has 1 aromatic carbocycles. The molecule has 6 heteroatoms. The first-order valence-corrected chi connectivity index (χ1v) is 9.56. The lowest BCUT2D eigenvalue weighted by molar-refractivity contribution is 0.217. The van der Waals surface area contributed by atoms with Gasteiger partial charge in [-0.2, -0.15) is 0 Å². The summed E-state index contributed by atoms with van der Waals surface area (Å²) in [6, 6.07) is 6.34. The summed E-state index contributed by atoms with van der Waals surface area (Å²) < 4.78 is 0. The molecule has 0 bridgehead atoms. The molecule has 3 nitrogen and oxygen atoms in total. The molecule has 0 atom stereocenters. The largest absolute Gasteiger partial charge is 0.368 e. The van der Waals surface area contributed by atoms with Crippen LogP contribution in [-0.2, 0) is 0 Å². The molecule has 1 heterocycles. The molecule has 0 spiro atoms. The summed E-state index contributed by atoms with van der Waals surface area (Å²) in [7, 11) is 0. The maximum atomic E-state index is 6.34. The highest BCUT2D eigenvalue weighted by Gasteiger charge is 2.22. The van der Waals surface area contributed by atoms with E-state index in [1.54, 1.807) is 0 Å². The molecular formula is C18H28Cl3N3. The summed E-state index contributed by atoms with van der Waals surface area (Å²) in [5, 5.41) is 1.32. The van der Waals surface area contributed by atoms with Crippen LogP contribution in [0.3, 0.4) is 0 Å². The Morgan fingerprint density at radius 3 is 2.33 bits per heavy atom. The Morgan fingerprint density at radius 1 is 1.00 bits per heavy atom. The minimum absolute atomic E-state index is 0. The van der Waals surface area contributed by atoms with E-state index in [2.05, 4.69) is 15.9 Å². The topological polar surface area (TPSA) is 32.5 Å². The van der Waals surface area contributed by atoms with E-state index in [0.29, 0.717) is 16.1 Å². The van der Waals surface area contributed by atoms with E-state index in [9.17, 15) is 0 Å². The molecule has 1 saturated carbocycles. The lowest BCUT2D eigenvalue weighted by Gasteiger charge is -2.37. The van der Waals surface area contributed by atoms with Crippen molar-refractivity contribution in [1.29, 1.82) is 0 Å². The Kier molecular flexibility index (Phi) is 7.96. The van der Waals surface area contributed by atoms with E-state index in [4.69, 9.17) is 28.9 Å². The van der Waals surface area contributed by atoms with Crippen LogP contribution in [0.4, 0.5) is 5.69 Å². The summed E-state index contributed by atoms with van der Waals surface area (Å²) >= 11 is 12.5. The minimum Gasteiger partial charge on any atom is -0.368 e. The van der Waals surface area contributed by atoms with Gasteiger partial charge in [0, 0.05) is 32.2 Å². The number of nitrogens with two attached hydrogens (primary N) is 1. The van der Waals surface area contributed by atoms with Gasteiger partial charge in [0.15, 0.2) is 0 Å². The summed E-state index contributed by atoms with van der Waals surface area (Å²) in [6.45, 7) is 5.48. The monoisotopic (exact) mass is 391 g/mol. The van der Waals surface area contributed by atoms with Gasteiger partial charge in [-0.05, 0) is 56.7 Å². The Labute approximate surface area is 161 Å². The van der Waals surface area contributed by atoms with Gasteiger partial charge in [-0.3, -0.25) is 4.90 Å². The zero-order chi connectivity index (χ0) is 16.2. The molecule has 2 fully saturated rings. The standard InChI is InChI=1S/C18H27Cl2N3.ClH/c19-16-2-1-3-17(18(16)20)23-12-10-22(11-13-23)9-8-14-4-6-15(21)7-5-14;/h1-3,14-15H,4-13,21H2;1H. The molecule has 1 aliphatic heterocycles. The number of hydrogen-bond donors (Lipinski definition) is 1. The van der Waals surface area contributed by atoms with Crippen LogP contribution >= 0.6 is 35.6 Å². The molecule has 1 aromatic rings. The van der Waals surface area contributed by atoms with Gasteiger partial charge in [0.2, 0.25) is 0 Å². The van der Waals surface area contributed by atoms with Crippen molar-refractivity contribution >= 4 is 41.3 Å². The van der Waals surface area contributed by atoms with Crippen LogP contribution in [-0.4, -0.2) is 43.7 Å². The molecule has 136 valence electrons. The highest BCUT2D eigenvalue weighted by Crippen LogP contribution is 2.33. The number of halogens is 3. The second kappa shape index (κ2) is 9.49. The molecule has 1 saturated heterocycles. The number of anilines is 1. The third kappa shape index (κ3) is 5.15. The molecule has 1 aliphatic carbocycles. The van der Waals surface area contributed by atoms with Gasteiger partial charge >= 0.3 is 0 Å². The van der Waals surface area contributed by atoms with Crippen LogP contribution in [0.2, 0.25) is 10.0 Å². The third-order valence-corrected chi connectivity index (χ3v) is 6.20. The SMILES string of the molecule is Cl.NC1CCC(CCN2CCN(c3cccc(Cl)c3Cl)CC2)CC1. The molecule has 24 heavy (non-hydrogen) atoms. The fourth-order valence-corrected chi connectivity index (χ4v) is 4.21. The van der Waals surface area contributed by atoms with Crippen LogP contribution in [0.15, 0.2) is 18.2 Å². The Hall–Kier alpha value is -0.190. The van der Waals surface area contributed by atoms with E-state index < -0.39 is 0 Å². The molecule has 0 unspecified atom stereocenters. The van der Waals surface area contributed by atoms with Gasteiger partial charge in [-0.25, -0.2) is 0 Å². The highest BCUT2D eigenvalue weighted by molar-refractivity contribution is 6.43. The Bertz CT molecular complexity index is 510. The molecule has 0 aromatic heterocycles. The first-order chi connectivity index (χ1) is 11.1. The highest BCUT2D eigenvalue weighted by atomic mass is 35.5. The van der Waals surface area contributed by atoms with Gasteiger partial charge in [0.05, 0.1) is 15.7 Å². The van der Waals surface area contributed by atoms with Crippen molar-refractivity contribution in [2.75, 3.05) is 37.6 Å². The second-order valence-corrected chi connectivity index (χ2v) is 7.76. The molecule has 2 N–H and O–H groups in total. The van der Waals surface area contributed by atoms with E-state index in [-0.39, 0.29) is 12.4 Å². The average Bonchev–Trinajstić information content (AvgIpc) is 2.57. The van der Waals surface area contributed by atoms with Crippen LogP contribution in [0.1, 0.15) is 32.1 Å². The van der Waals surface area contributed by atoms with Gasteiger partial charge in [0.1, 0.15) is 0 Å². The maximum absolute atomic E-state index is 6.34. The van der Waals surface area contributed by atoms with E-state index >= 15 is 0 Å². The summed E-state index contributed by atoms with van der Waals surface area (Å²) in [4.78, 5) is 4.94. The van der Waals surface area contributed by atoms with Crippen LogP contribution in [0.25, 0.3) is 0 Å². The summed E-state index contributed by atoms with van der Waals surface area (Å²) in [5.74, 6) is 0.884. The van der Waals surface area contributed by atoms with Gasteiger partial charge < -0.3 is 10.6 Å². The van der Waals surface area contributed by atoms with E-state index in [0.717, 1.165) is 37.8 Å². The zero-order valence-corrected chi connectivity index (χ0v) is 16.4. The van der Waals surface area contributed by atoms with Crippen LogP contribution in [0, 0.1) is 5.92 Å². The van der Waals surface area contributed by atoms with Gasteiger partial charge in [-0.1, -0.05) is 29.3 Å². The quantitative estimate of drug-likeness (QED) is 0.822. The second-order valence-electron chi connectivity index (χ2n) is 6.97. The molecular weight excluding hydrogens is 365 g/mol. The zero-order valence-electron chi connectivity index (χ0n) is 14.1. The van der Waals surface area contributed by atoms with E-state index in [1.807, 2.05) is 12.1 Å². The number of hydrogen-bond acceptors (Lipinski definition) is 3. The van der Waals surface area contributed by atoms with E-state index in [1.165, 1.54) is 38.6 Å². The predicted molar refractivity (Wildman–Crippen MR) is 107 cm³/mol. The number of nitrogens with zero attached hydrogens (tertiary/aromatic N) is 2. The summed E-state index contributed by atoms with van der Waals surface area (Å²) in [5.41, 5.74) is 7.06. The van der Waals surface area contributed by atoms with Crippen LogP contribution in [0.5, 0.6) is 0 Å². The Morgan fingerprint density at radius 2 is 1.67 bits per heavy atom. The molecule has 0 radical (unpaired) electrons. The number of piperazine rings is 1.